The molecule has 2 aromatic carbocycles. The number of hydrogen-bond acceptors (Lipinski definition) is 4. The van der Waals surface area contributed by atoms with E-state index in [1.807, 2.05) is 13.0 Å². The number of rotatable bonds is 6. The molecule has 0 radical (unpaired) electrons. The topological polar surface area (TPSA) is 80.6 Å². The lowest BCUT2D eigenvalue weighted by Crippen LogP contribution is -2.48. The second kappa shape index (κ2) is 10.4. The average Bonchev–Trinajstić information content (AvgIpc) is 3.03. The molecule has 0 saturated carbocycles. The maximum atomic E-state index is 14.1. The molecule has 2 unspecified atom stereocenters. The second-order valence-electron chi connectivity index (χ2n) is 9.78. The summed E-state index contributed by atoms with van der Waals surface area (Å²) in [5, 5.41) is 2.33. The standard InChI is InChI=1S/C29H26F3N3O4/c1-16-8-9-17(2)34-14-24(16)35-13-21(28(37)33-12-20-22(31)10-19(30)11-23(20)32)26(36)27(25(35)29(34)38)39-15-18-6-4-3-5-7-18/h3-7,10-11,13,17,24H,1,8-9,12,14-15H2,2H3,(H,33,37). The Morgan fingerprint density at radius 3 is 2.51 bits per heavy atom. The Kier molecular flexibility index (Phi) is 7.03. The number of carbonyl (C=O) groups excluding carboxylic acids is 2. The molecule has 0 spiro atoms. The highest BCUT2D eigenvalue weighted by Gasteiger charge is 2.40. The monoisotopic (exact) mass is 537 g/mol. The molecule has 2 aliphatic heterocycles. The molecular formula is C29H26F3N3O4. The lowest BCUT2D eigenvalue weighted by molar-refractivity contribution is 0.0611. The first kappa shape index (κ1) is 26.3. The highest BCUT2D eigenvalue weighted by atomic mass is 19.1. The summed E-state index contributed by atoms with van der Waals surface area (Å²) < 4.78 is 49.0. The molecule has 0 aliphatic carbocycles. The van der Waals surface area contributed by atoms with E-state index in [2.05, 4.69) is 11.9 Å². The molecule has 2 aliphatic rings. The number of halogens is 3. The van der Waals surface area contributed by atoms with Crippen molar-refractivity contribution < 1.29 is 27.5 Å². The van der Waals surface area contributed by atoms with Crippen molar-refractivity contribution in [3.63, 3.8) is 0 Å². The van der Waals surface area contributed by atoms with Gasteiger partial charge in [-0.2, -0.15) is 0 Å². The van der Waals surface area contributed by atoms with Crippen molar-refractivity contribution in [2.75, 3.05) is 6.54 Å². The number of nitrogens with one attached hydrogen (secondary N) is 1. The van der Waals surface area contributed by atoms with E-state index in [1.165, 1.54) is 6.20 Å². The van der Waals surface area contributed by atoms with Crippen LogP contribution < -0.4 is 15.5 Å². The van der Waals surface area contributed by atoms with Gasteiger partial charge in [0.2, 0.25) is 5.43 Å². The average molecular weight is 538 g/mol. The lowest BCUT2D eigenvalue weighted by atomic mass is 10.0. The Balaban J connectivity index is 1.57. The highest BCUT2D eigenvalue weighted by molar-refractivity contribution is 5.99. The van der Waals surface area contributed by atoms with Crippen molar-refractivity contribution in [2.24, 2.45) is 0 Å². The van der Waals surface area contributed by atoms with Crippen LogP contribution in [0.4, 0.5) is 13.2 Å². The van der Waals surface area contributed by atoms with Crippen LogP contribution in [0, 0.1) is 17.5 Å². The maximum absolute atomic E-state index is 14.1. The molecular weight excluding hydrogens is 511 g/mol. The minimum Gasteiger partial charge on any atom is -0.483 e. The molecule has 3 heterocycles. The van der Waals surface area contributed by atoms with Gasteiger partial charge in [0.15, 0.2) is 11.4 Å². The second-order valence-corrected chi connectivity index (χ2v) is 9.78. The largest absolute Gasteiger partial charge is 0.483 e. The molecule has 2 atom stereocenters. The minimum atomic E-state index is -1.17. The predicted octanol–water partition coefficient (Wildman–Crippen LogP) is 4.51. The van der Waals surface area contributed by atoms with Gasteiger partial charge in [0.1, 0.15) is 29.6 Å². The van der Waals surface area contributed by atoms with Gasteiger partial charge in [-0.1, -0.05) is 42.5 Å². The molecule has 1 aromatic heterocycles. The van der Waals surface area contributed by atoms with Gasteiger partial charge < -0.3 is 19.5 Å². The first-order valence-corrected chi connectivity index (χ1v) is 12.5. The summed E-state index contributed by atoms with van der Waals surface area (Å²) in [4.78, 5) is 42.1. The molecule has 7 nitrogen and oxygen atoms in total. The first-order chi connectivity index (χ1) is 18.7. The maximum Gasteiger partial charge on any atom is 0.274 e. The summed E-state index contributed by atoms with van der Waals surface area (Å²) in [7, 11) is 0. The van der Waals surface area contributed by atoms with E-state index >= 15 is 0 Å². The summed E-state index contributed by atoms with van der Waals surface area (Å²) in [5.41, 5.74) is -0.157. The molecule has 1 N–H and O–H groups in total. The van der Waals surface area contributed by atoms with Crippen LogP contribution in [0.1, 0.15) is 57.8 Å². The van der Waals surface area contributed by atoms with Crippen molar-refractivity contribution in [3.05, 3.63) is 111 Å². The molecule has 3 aromatic rings. The van der Waals surface area contributed by atoms with E-state index < -0.39 is 52.8 Å². The molecule has 5 rings (SSSR count). The van der Waals surface area contributed by atoms with Crippen molar-refractivity contribution in [1.82, 2.24) is 14.8 Å². The molecule has 1 fully saturated rings. The van der Waals surface area contributed by atoms with Crippen LogP contribution in [-0.4, -0.2) is 33.9 Å². The van der Waals surface area contributed by atoms with Gasteiger partial charge in [0.25, 0.3) is 11.8 Å². The third-order valence-corrected chi connectivity index (χ3v) is 7.25. The Hall–Kier alpha value is -4.34. The summed E-state index contributed by atoms with van der Waals surface area (Å²) in [6.07, 6.45) is 2.62. The van der Waals surface area contributed by atoms with E-state index in [4.69, 9.17) is 4.74 Å². The first-order valence-electron chi connectivity index (χ1n) is 12.5. The number of nitrogens with zero attached hydrogens (tertiary/aromatic N) is 2. The van der Waals surface area contributed by atoms with Gasteiger partial charge >= 0.3 is 0 Å². The minimum absolute atomic E-state index is 0.0225. The number of aromatic nitrogens is 1. The van der Waals surface area contributed by atoms with Crippen LogP contribution in [0.3, 0.4) is 0 Å². The van der Waals surface area contributed by atoms with Gasteiger partial charge in [0.05, 0.1) is 6.04 Å². The molecule has 2 amide bonds. The third-order valence-electron chi connectivity index (χ3n) is 7.25. The van der Waals surface area contributed by atoms with Crippen molar-refractivity contribution in [2.45, 2.75) is 45.0 Å². The molecule has 1 saturated heterocycles. The van der Waals surface area contributed by atoms with Crippen molar-refractivity contribution in [3.8, 4) is 5.75 Å². The normalized spacial score (nSPS) is 18.4. The van der Waals surface area contributed by atoms with Gasteiger partial charge in [-0.25, -0.2) is 13.2 Å². The van der Waals surface area contributed by atoms with Crippen LogP contribution in [0.5, 0.6) is 5.75 Å². The predicted molar refractivity (Wildman–Crippen MR) is 137 cm³/mol. The van der Waals surface area contributed by atoms with E-state index in [-0.39, 0.29) is 29.7 Å². The van der Waals surface area contributed by atoms with E-state index in [9.17, 15) is 27.6 Å². The fraction of sp³-hybridized carbons (Fsp3) is 0.276. The Morgan fingerprint density at radius 1 is 1.13 bits per heavy atom. The summed E-state index contributed by atoms with van der Waals surface area (Å²) in [6, 6.07) is 9.53. The number of carbonyl (C=O) groups is 2. The lowest BCUT2D eigenvalue weighted by Gasteiger charge is -2.37. The Labute approximate surface area is 222 Å². The zero-order valence-electron chi connectivity index (χ0n) is 21.2. The van der Waals surface area contributed by atoms with Crippen LogP contribution in [-0.2, 0) is 13.2 Å². The number of fused-ring (bicyclic) bond motifs is 4. The van der Waals surface area contributed by atoms with Crippen LogP contribution in [0.25, 0.3) is 0 Å². The SMILES string of the molecule is C=C1CCC(C)N2CC1n1cc(C(=O)NCc3c(F)cc(F)cc3F)c(=O)c(OCc3ccccc3)c1C2=O. The van der Waals surface area contributed by atoms with E-state index in [1.54, 1.807) is 33.7 Å². The number of ether oxygens (including phenoxy) is 1. The van der Waals surface area contributed by atoms with Gasteiger partial charge in [-0.15, -0.1) is 0 Å². The summed E-state index contributed by atoms with van der Waals surface area (Å²) in [6.45, 7) is 5.78. The zero-order chi connectivity index (χ0) is 27.8. The van der Waals surface area contributed by atoms with Gasteiger partial charge in [0, 0.05) is 43.0 Å². The fourth-order valence-corrected chi connectivity index (χ4v) is 5.01. The van der Waals surface area contributed by atoms with Crippen LogP contribution in [0.15, 0.2) is 65.6 Å². The Morgan fingerprint density at radius 2 is 1.82 bits per heavy atom. The smallest absolute Gasteiger partial charge is 0.274 e. The third kappa shape index (κ3) is 4.94. The van der Waals surface area contributed by atoms with E-state index in [0.29, 0.717) is 31.5 Å². The molecule has 2 bridgehead atoms. The van der Waals surface area contributed by atoms with Crippen LogP contribution >= 0.6 is 0 Å². The number of pyridine rings is 1. The van der Waals surface area contributed by atoms with Crippen molar-refractivity contribution >= 4 is 11.8 Å². The quantitative estimate of drug-likeness (QED) is 0.470. The Bertz CT molecular complexity index is 1510. The van der Waals surface area contributed by atoms with E-state index in [0.717, 1.165) is 11.1 Å². The fourth-order valence-electron chi connectivity index (χ4n) is 5.01. The summed E-state index contributed by atoms with van der Waals surface area (Å²) >= 11 is 0. The van der Waals surface area contributed by atoms with Gasteiger partial charge in [-0.3, -0.25) is 14.4 Å². The molecule has 202 valence electrons. The number of hydrogen-bond donors (Lipinski definition) is 1. The van der Waals surface area contributed by atoms with Crippen LogP contribution in [0.2, 0.25) is 0 Å². The molecule has 39 heavy (non-hydrogen) atoms. The highest BCUT2D eigenvalue weighted by Crippen LogP contribution is 2.37. The zero-order valence-corrected chi connectivity index (χ0v) is 21.2. The molecule has 10 heteroatoms. The number of amides is 2. The number of benzene rings is 2. The van der Waals surface area contributed by atoms with Gasteiger partial charge in [-0.05, 0) is 25.3 Å². The van der Waals surface area contributed by atoms with Crippen molar-refractivity contribution in [1.29, 1.82) is 0 Å². The summed E-state index contributed by atoms with van der Waals surface area (Å²) in [5.74, 6) is -5.04.